The van der Waals surface area contributed by atoms with Gasteiger partial charge in [-0.05, 0) is 61.2 Å². The molecule has 0 bridgehead atoms. The van der Waals surface area contributed by atoms with Gasteiger partial charge in [0.2, 0.25) is 5.95 Å². The van der Waals surface area contributed by atoms with E-state index >= 15 is 0 Å². The molecule has 10 heteroatoms. The summed E-state index contributed by atoms with van der Waals surface area (Å²) in [6.07, 6.45) is 3.18. The third-order valence-corrected chi connectivity index (χ3v) is 5.67. The van der Waals surface area contributed by atoms with Crippen molar-refractivity contribution in [3.63, 3.8) is 0 Å². The van der Waals surface area contributed by atoms with Crippen LogP contribution in [0.1, 0.15) is 31.2 Å². The van der Waals surface area contributed by atoms with E-state index < -0.39 is 17.3 Å². The maximum absolute atomic E-state index is 13.1. The van der Waals surface area contributed by atoms with E-state index in [2.05, 4.69) is 10.3 Å². The number of aliphatic carboxylic acids is 1. The van der Waals surface area contributed by atoms with Crippen LogP contribution in [-0.4, -0.2) is 31.3 Å². The highest BCUT2D eigenvalue weighted by Crippen LogP contribution is 2.26. The summed E-state index contributed by atoms with van der Waals surface area (Å²) in [5.74, 6) is -0.308. The molecule has 0 spiro atoms. The number of hydrogen-bond acceptors (Lipinski definition) is 6. The van der Waals surface area contributed by atoms with Crippen LogP contribution in [0.2, 0.25) is 5.02 Å². The van der Waals surface area contributed by atoms with Crippen molar-refractivity contribution < 1.29 is 14.6 Å². The molecule has 0 amide bonds. The molecule has 172 valence electrons. The Morgan fingerprint density at radius 2 is 1.79 bits per heavy atom. The third kappa shape index (κ3) is 5.61. The second kappa shape index (κ2) is 9.91. The van der Waals surface area contributed by atoms with E-state index in [4.69, 9.17) is 21.4 Å². The lowest BCUT2D eigenvalue weighted by Gasteiger charge is -2.26. The minimum atomic E-state index is -1.11. The number of hydrogen-bond donors (Lipinski definition) is 2. The Hall–Kier alpha value is -3.59. The maximum atomic E-state index is 13.1. The number of aromatic nitrogens is 3. The fourth-order valence-electron chi connectivity index (χ4n) is 3.37. The number of benzene rings is 2. The van der Waals surface area contributed by atoms with Crippen LogP contribution in [-0.2, 0) is 17.9 Å². The molecule has 3 aromatic rings. The lowest BCUT2D eigenvalue weighted by atomic mass is 9.96. The molecule has 1 saturated carbocycles. The molecule has 1 aliphatic carbocycles. The maximum Gasteiger partial charge on any atom is 0.354 e. The van der Waals surface area contributed by atoms with Gasteiger partial charge in [0.1, 0.15) is 5.75 Å². The quantitative estimate of drug-likeness (QED) is 0.493. The molecule has 9 nitrogen and oxygen atoms in total. The van der Waals surface area contributed by atoms with E-state index in [1.807, 2.05) is 12.1 Å². The summed E-state index contributed by atoms with van der Waals surface area (Å²) in [5.41, 5.74) is -0.0888. The second-order valence-corrected chi connectivity index (χ2v) is 8.27. The molecule has 0 unspecified atom stereocenters. The molecule has 2 aromatic carbocycles. The zero-order valence-corrected chi connectivity index (χ0v) is 18.5. The topological polar surface area (TPSA) is 115 Å². The number of rotatable bonds is 9. The van der Waals surface area contributed by atoms with Gasteiger partial charge in [-0.3, -0.25) is 9.36 Å². The van der Waals surface area contributed by atoms with E-state index in [-0.39, 0.29) is 31.6 Å². The van der Waals surface area contributed by atoms with Crippen molar-refractivity contribution in [2.45, 2.75) is 44.9 Å². The van der Waals surface area contributed by atoms with Gasteiger partial charge in [0.15, 0.2) is 0 Å². The molecule has 0 aliphatic heterocycles. The summed E-state index contributed by atoms with van der Waals surface area (Å²) < 4.78 is 7.98. The Morgan fingerprint density at radius 1 is 1.09 bits per heavy atom. The van der Waals surface area contributed by atoms with Crippen LogP contribution in [0.15, 0.2) is 58.1 Å². The number of nitrogens with zero attached hydrogens (tertiary/aromatic N) is 3. The standard InChI is InChI=1S/C23H23ClN4O5/c24-16-6-4-15(5-7-16)14-28-21(26-22(31)27(23(28)32)13-12-20(29)30)25-17-8-10-19(11-9-17)33-18-2-1-3-18/h4-11,18H,1-3,12-14H2,(H,29,30)(H,25,26,31). The summed E-state index contributed by atoms with van der Waals surface area (Å²) >= 11 is 5.95. The monoisotopic (exact) mass is 470 g/mol. The first-order valence-corrected chi connectivity index (χ1v) is 11.0. The average Bonchev–Trinajstić information content (AvgIpc) is 2.75. The third-order valence-electron chi connectivity index (χ3n) is 5.42. The zero-order valence-electron chi connectivity index (χ0n) is 17.7. The predicted molar refractivity (Wildman–Crippen MR) is 124 cm³/mol. The van der Waals surface area contributed by atoms with E-state index in [1.54, 1.807) is 36.4 Å². The first-order chi connectivity index (χ1) is 15.9. The van der Waals surface area contributed by atoms with Crippen molar-refractivity contribution in [1.29, 1.82) is 0 Å². The van der Waals surface area contributed by atoms with Gasteiger partial charge in [-0.25, -0.2) is 14.2 Å². The Morgan fingerprint density at radius 3 is 2.39 bits per heavy atom. The van der Waals surface area contributed by atoms with Crippen molar-refractivity contribution >= 4 is 29.2 Å². The summed E-state index contributed by atoms with van der Waals surface area (Å²) in [6, 6.07) is 14.1. The number of nitrogens with one attached hydrogen (secondary N) is 1. The second-order valence-electron chi connectivity index (χ2n) is 7.83. The van der Waals surface area contributed by atoms with Gasteiger partial charge in [0.25, 0.3) is 0 Å². The van der Waals surface area contributed by atoms with Crippen LogP contribution in [0, 0.1) is 0 Å². The first kappa shape index (κ1) is 22.6. The summed E-state index contributed by atoms with van der Waals surface area (Å²) in [4.78, 5) is 40.6. The fraction of sp³-hybridized carbons (Fsp3) is 0.304. The van der Waals surface area contributed by atoms with Crippen LogP contribution >= 0.6 is 11.6 Å². The normalized spacial score (nSPS) is 13.4. The van der Waals surface area contributed by atoms with Crippen LogP contribution < -0.4 is 21.4 Å². The molecule has 1 heterocycles. The van der Waals surface area contributed by atoms with Crippen LogP contribution in [0.3, 0.4) is 0 Å². The molecular weight excluding hydrogens is 448 g/mol. The summed E-state index contributed by atoms with van der Waals surface area (Å²) in [7, 11) is 0. The fourth-order valence-corrected chi connectivity index (χ4v) is 3.49. The first-order valence-electron chi connectivity index (χ1n) is 10.6. The minimum Gasteiger partial charge on any atom is -0.490 e. The van der Waals surface area contributed by atoms with Crippen molar-refractivity contribution in [2.75, 3.05) is 5.32 Å². The molecule has 1 fully saturated rings. The van der Waals surface area contributed by atoms with Crippen LogP contribution in [0.5, 0.6) is 5.75 Å². The molecule has 33 heavy (non-hydrogen) atoms. The lowest BCUT2D eigenvalue weighted by Crippen LogP contribution is -2.43. The largest absolute Gasteiger partial charge is 0.490 e. The SMILES string of the molecule is O=C(O)CCn1c(=O)nc(Nc2ccc(OC3CCC3)cc2)n(Cc2ccc(Cl)cc2)c1=O. The van der Waals surface area contributed by atoms with Gasteiger partial charge in [-0.2, -0.15) is 4.98 Å². The Labute approximate surface area is 194 Å². The van der Waals surface area contributed by atoms with Crippen molar-refractivity contribution in [3.05, 3.63) is 80.1 Å². The van der Waals surface area contributed by atoms with Gasteiger partial charge in [-0.15, -0.1) is 0 Å². The molecule has 0 saturated heterocycles. The molecule has 1 aliphatic rings. The lowest BCUT2D eigenvalue weighted by molar-refractivity contribution is -0.137. The van der Waals surface area contributed by atoms with E-state index in [0.717, 1.165) is 28.7 Å². The smallest absolute Gasteiger partial charge is 0.354 e. The van der Waals surface area contributed by atoms with Gasteiger partial charge in [-0.1, -0.05) is 23.7 Å². The van der Waals surface area contributed by atoms with Crippen molar-refractivity contribution in [1.82, 2.24) is 14.1 Å². The summed E-state index contributed by atoms with van der Waals surface area (Å²) in [5, 5.41) is 12.5. The Kier molecular flexibility index (Phi) is 6.79. The molecular formula is C23H23ClN4O5. The number of carboxylic acid groups (broad SMARTS) is 1. The number of ether oxygens (including phenoxy) is 1. The number of halogens is 1. The van der Waals surface area contributed by atoms with Gasteiger partial charge < -0.3 is 15.2 Å². The number of carboxylic acids is 1. The molecule has 4 rings (SSSR count). The molecule has 0 radical (unpaired) electrons. The predicted octanol–water partition coefficient (Wildman–Crippen LogP) is 3.26. The van der Waals surface area contributed by atoms with Gasteiger partial charge in [0.05, 0.1) is 19.1 Å². The highest BCUT2D eigenvalue weighted by atomic mass is 35.5. The summed E-state index contributed by atoms with van der Waals surface area (Å²) in [6.45, 7) is -0.157. The molecule has 0 atom stereocenters. The zero-order chi connectivity index (χ0) is 23.4. The van der Waals surface area contributed by atoms with Gasteiger partial charge >= 0.3 is 17.3 Å². The van der Waals surface area contributed by atoms with Crippen LogP contribution in [0.4, 0.5) is 11.6 Å². The number of anilines is 2. The van der Waals surface area contributed by atoms with Crippen LogP contribution in [0.25, 0.3) is 0 Å². The Balaban J connectivity index is 1.64. The minimum absolute atomic E-state index is 0.0548. The van der Waals surface area contributed by atoms with E-state index in [0.29, 0.717) is 10.7 Å². The van der Waals surface area contributed by atoms with Crippen molar-refractivity contribution in [2.24, 2.45) is 0 Å². The highest BCUT2D eigenvalue weighted by Gasteiger charge is 2.19. The molecule has 1 aromatic heterocycles. The van der Waals surface area contributed by atoms with Gasteiger partial charge in [0, 0.05) is 17.3 Å². The molecule has 2 N–H and O–H groups in total. The number of carbonyl (C=O) groups is 1. The average molecular weight is 471 g/mol. The van der Waals surface area contributed by atoms with Crippen molar-refractivity contribution in [3.8, 4) is 5.75 Å². The van der Waals surface area contributed by atoms with E-state index in [9.17, 15) is 14.4 Å². The highest BCUT2D eigenvalue weighted by molar-refractivity contribution is 6.30. The van der Waals surface area contributed by atoms with E-state index in [1.165, 1.54) is 11.0 Å². The Bertz CT molecular complexity index is 1250.